The van der Waals surface area contributed by atoms with Gasteiger partial charge in [-0.15, -0.1) is 0 Å². The van der Waals surface area contributed by atoms with Gasteiger partial charge in [-0.2, -0.15) is 0 Å². The molecule has 0 heterocycles. The summed E-state index contributed by atoms with van der Waals surface area (Å²) >= 11 is 0. The number of carbonyl (C=O) groups excluding carboxylic acids is 1. The van der Waals surface area contributed by atoms with Gasteiger partial charge in [-0.1, -0.05) is 243 Å². The van der Waals surface area contributed by atoms with E-state index in [9.17, 15) is 15.0 Å². The predicted molar refractivity (Wildman–Crippen MR) is 244 cm³/mol. The first-order valence-electron chi connectivity index (χ1n) is 24.7. The summed E-state index contributed by atoms with van der Waals surface area (Å²) in [4.78, 5) is 12.4. The number of amides is 1. The predicted octanol–water partition coefficient (Wildman–Crippen LogP) is 15.7. The van der Waals surface area contributed by atoms with Crippen LogP contribution in [0.25, 0.3) is 0 Å². The normalized spacial score (nSPS) is 13.2. The van der Waals surface area contributed by atoms with Gasteiger partial charge in [-0.25, -0.2) is 0 Å². The van der Waals surface area contributed by atoms with Crippen molar-refractivity contribution in [1.82, 2.24) is 5.32 Å². The number of carbonyl (C=O) groups is 1. The Bertz CT molecular complexity index is 836. The van der Waals surface area contributed by atoms with Gasteiger partial charge in [0.1, 0.15) is 0 Å². The van der Waals surface area contributed by atoms with Crippen molar-refractivity contribution in [2.75, 3.05) is 6.61 Å². The molecule has 4 nitrogen and oxygen atoms in total. The summed E-state index contributed by atoms with van der Waals surface area (Å²) < 4.78 is 0. The van der Waals surface area contributed by atoms with Crippen molar-refractivity contribution in [1.29, 1.82) is 0 Å². The van der Waals surface area contributed by atoms with Crippen LogP contribution in [0.2, 0.25) is 0 Å². The zero-order valence-corrected chi connectivity index (χ0v) is 37.2. The van der Waals surface area contributed by atoms with E-state index in [1.165, 1.54) is 212 Å². The van der Waals surface area contributed by atoms with Crippen molar-refractivity contribution in [3.63, 3.8) is 0 Å². The molecule has 0 radical (unpaired) electrons. The van der Waals surface area contributed by atoms with Gasteiger partial charge in [-0.05, 0) is 51.4 Å². The lowest BCUT2D eigenvalue weighted by Gasteiger charge is -2.20. The van der Waals surface area contributed by atoms with Crippen molar-refractivity contribution in [3.05, 3.63) is 36.5 Å². The zero-order chi connectivity index (χ0) is 40.0. The van der Waals surface area contributed by atoms with E-state index in [4.69, 9.17) is 0 Å². The van der Waals surface area contributed by atoms with E-state index in [0.717, 1.165) is 32.1 Å². The third kappa shape index (κ3) is 43.6. The summed E-state index contributed by atoms with van der Waals surface area (Å²) in [5, 5.41) is 22.9. The van der Waals surface area contributed by atoms with Gasteiger partial charge >= 0.3 is 0 Å². The Balaban J connectivity index is 3.40. The molecule has 0 aromatic rings. The first-order chi connectivity index (χ1) is 27.2. The molecule has 0 fully saturated rings. The highest BCUT2D eigenvalue weighted by Gasteiger charge is 2.18. The molecule has 0 bridgehead atoms. The van der Waals surface area contributed by atoms with Crippen LogP contribution < -0.4 is 5.32 Å². The Morgan fingerprint density at radius 2 is 0.745 bits per heavy atom. The largest absolute Gasteiger partial charge is 0.394 e. The number of hydrogen-bond donors (Lipinski definition) is 3. The fraction of sp³-hybridized carbons (Fsp3) is 0.863. The molecule has 2 atom stereocenters. The van der Waals surface area contributed by atoms with Gasteiger partial charge in [-0.3, -0.25) is 4.79 Å². The molecule has 0 rings (SSSR count). The fourth-order valence-electron chi connectivity index (χ4n) is 7.56. The molecule has 0 aromatic carbocycles. The Kier molecular flexibility index (Phi) is 45.8. The van der Waals surface area contributed by atoms with E-state index in [1.807, 2.05) is 6.08 Å². The van der Waals surface area contributed by atoms with Gasteiger partial charge in [0.15, 0.2) is 0 Å². The minimum Gasteiger partial charge on any atom is -0.394 e. The summed E-state index contributed by atoms with van der Waals surface area (Å²) in [6, 6.07) is -0.618. The number of rotatable bonds is 45. The lowest BCUT2D eigenvalue weighted by molar-refractivity contribution is -0.123. The monoisotopic (exact) mass is 772 g/mol. The maximum absolute atomic E-state index is 12.4. The molecule has 4 heteroatoms. The summed E-state index contributed by atoms with van der Waals surface area (Å²) in [5.41, 5.74) is 0. The van der Waals surface area contributed by atoms with Gasteiger partial charge in [0.2, 0.25) is 5.91 Å². The van der Waals surface area contributed by atoms with E-state index in [-0.39, 0.29) is 12.5 Å². The standard InChI is InChI=1S/C51H97NO3/c1-3-5-7-9-11-13-15-16-17-18-19-20-21-22-23-24-25-26-27-28-29-30-31-32-33-34-35-36-37-39-41-43-45-47-51(55)52-49(48-53)50(54)46-44-42-40-38-14-12-10-8-6-4-2/h15-16,18-19,44,46,49-50,53-54H,3-14,17,20-43,45,47-48H2,1-2H3,(H,52,55)/b16-15-,19-18-,46-44+. The van der Waals surface area contributed by atoms with Crippen LogP contribution in [0.1, 0.15) is 264 Å². The van der Waals surface area contributed by atoms with Gasteiger partial charge in [0, 0.05) is 6.42 Å². The third-order valence-electron chi connectivity index (χ3n) is 11.4. The molecule has 1 amide bonds. The van der Waals surface area contributed by atoms with E-state index < -0.39 is 12.1 Å². The Morgan fingerprint density at radius 3 is 1.09 bits per heavy atom. The van der Waals surface area contributed by atoms with Crippen LogP contribution in [0.3, 0.4) is 0 Å². The second-order valence-corrected chi connectivity index (χ2v) is 16.9. The number of aliphatic hydroxyl groups excluding tert-OH is 2. The molecule has 0 aliphatic carbocycles. The lowest BCUT2D eigenvalue weighted by atomic mass is 10.0. The van der Waals surface area contributed by atoms with Crippen molar-refractivity contribution >= 4 is 5.91 Å². The van der Waals surface area contributed by atoms with Gasteiger partial charge < -0.3 is 15.5 Å². The number of allylic oxidation sites excluding steroid dienone is 5. The topological polar surface area (TPSA) is 69.6 Å². The van der Waals surface area contributed by atoms with Crippen LogP contribution in [-0.4, -0.2) is 34.9 Å². The first-order valence-corrected chi connectivity index (χ1v) is 24.7. The van der Waals surface area contributed by atoms with Crippen LogP contribution in [-0.2, 0) is 4.79 Å². The molecule has 0 spiro atoms. The number of unbranched alkanes of at least 4 members (excludes halogenated alkanes) is 34. The van der Waals surface area contributed by atoms with Crippen molar-refractivity contribution in [2.24, 2.45) is 0 Å². The SMILES string of the molecule is CCCCCCC/C=C\C/C=C\CCCCCCCCCCCCCCCCCCCCCCCC(=O)NC(CO)C(O)/C=C/CCCCCCCCCC. The highest BCUT2D eigenvalue weighted by Crippen LogP contribution is 2.16. The van der Waals surface area contributed by atoms with Crippen LogP contribution >= 0.6 is 0 Å². The summed E-state index contributed by atoms with van der Waals surface area (Å²) in [6.45, 7) is 4.29. The summed E-state index contributed by atoms with van der Waals surface area (Å²) in [7, 11) is 0. The maximum atomic E-state index is 12.4. The Labute approximate surface area is 344 Å². The first kappa shape index (κ1) is 53.6. The fourth-order valence-corrected chi connectivity index (χ4v) is 7.56. The lowest BCUT2D eigenvalue weighted by Crippen LogP contribution is -2.45. The zero-order valence-electron chi connectivity index (χ0n) is 37.2. The highest BCUT2D eigenvalue weighted by molar-refractivity contribution is 5.76. The molecule has 324 valence electrons. The third-order valence-corrected chi connectivity index (χ3v) is 11.4. The van der Waals surface area contributed by atoms with Gasteiger partial charge in [0.25, 0.3) is 0 Å². The molecular weight excluding hydrogens is 675 g/mol. The second-order valence-electron chi connectivity index (χ2n) is 16.9. The smallest absolute Gasteiger partial charge is 0.220 e. The van der Waals surface area contributed by atoms with E-state index in [2.05, 4.69) is 43.5 Å². The molecule has 0 saturated heterocycles. The second kappa shape index (κ2) is 47.0. The highest BCUT2D eigenvalue weighted by atomic mass is 16.3. The summed E-state index contributed by atoms with van der Waals surface area (Å²) in [6.07, 6.45) is 62.9. The van der Waals surface area contributed by atoms with Crippen LogP contribution in [0, 0.1) is 0 Å². The molecular formula is C51H97NO3. The minimum absolute atomic E-state index is 0.0627. The quantitative estimate of drug-likeness (QED) is 0.0426. The number of aliphatic hydroxyl groups is 2. The Morgan fingerprint density at radius 1 is 0.436 bits per heavy atom. The molecule has 0 saturated carbocycles. The maximum Gasteiger partial charge on any atom is 0.220 e. The summed E-state index contributed by atoms with van der Waals surface area (Å²) in [5.74, 6) is -0.0627. The molecule has 0 aliphatic rings. The number of hydrogen-bond acceptors (Lipinski definition) is 3. The minimum atomic E-state index is -0.835. The Hall–Kier alpha value is -1.39. The molecule has 3 N–H and O–H groups in total. The average Bonchev–Trinajstić information content (AvgIpc) is 3.19. The average molecular weight is 772 g/mol. The van der Waals surface area contributed by atoms with Crippen molar-refractivity contribution in [3.8, 4) is 0 Å². The number of nitrogens with one attached hydrogen (secondary N) is 1. The van der Waals surface area contributed by atoms with Crippen molar-refractivity contribution < 1.29 is 15.0 Å². The molecule has 0 aromatic heterocycles. The van der Waals surface area contributed by atoms with Crippen molar-refractivity contribution in [2.45, 2.75) is 276 Å². The molecule has 2 unspecified atom stereocenters. The molecule has 0 aliphatic heterocycles. The molecule has 55 heavy (non-hydrogen) atoms. The van der Waals surface area contributed by atoms with E-state index in [1.54, 1.807) is 6.08 Å². The van der Waals surface area contributed by atoms with Crippen LogP contribution in [0.4, 0.5) is 0 Å². The van der Waals surface area contributed by atoms with Crippen LogP contribution in [0.5, 0.6) is 0 Å². The van der Waals surface area contributed by atoms with Gasteiger partial charge in [0.05, 0.1) is 18.8 Å². The van der Waals surface area contributed by atoms with Crippen LogP contribution in [0.15, 0.2) is 36.5 Å². The van der Waals surface area contributed by atoms with E-state index in [0.29, 0.717) is 6.42 Å². The van der Waals surface area contributed by atoms with E-state index >= 15 is 0 Å².